The van der Waals surface area contributed by atoms with E-state index in [1.54, 1.807) is 12.1 Å². The summed E-state index contributed by atoms with van der Waals surface area (Å²) < 4.78 is 37.0. The Balaban J connectivity index is 2.29. The predicted octanol–water partition coefficient (Wildman–Crippen LogP) is 2.13. The summed E-state index contributed by atoms with van der Waals surface area (Å²) in [5.74, 6) is 0. The summed E-state index contributed by atoms with van der Waals surface area (Å²) in [6.45, 7) is 0.537. The van der Waals surface area contributed by atoms with Gasteiger partial charge in [0, 0.05) is 13.0 Å². The van der Waals surface area contributed by atoms with Gasteiger partial charge in [0.1, 0.15) is 0 Å². The van der Waals surface area contributed by atoms with Crippen LogP contribution >= 0.6 is 11.6 Å². The zero-order chi connectivity index (χ0) is 13.9. The van der Waals surface area contributed by atoms with E-state index in [1.165, 1.54) is 0 Å². The highest BCUT2D eigenvalue weighted by Crippen LogP contribution is 2.34. The predicted molar refractivity (Wildman–Crippen MR) is 77.4 cm³/mol. The lowest BCUT2D eigenvalue weighted by atomic mass is 10.2. The molecule has 0 radical (unpaired) electrons. The molecule has 0 amide bonds. The van der Waals surface area contributed by atoms with Crippen molar-refractivity contribution in [1.82, 2.24) is 0 Å². The maximum atomic E-state index is 11.7. The topological polar surface area (TPSA) is 63.6 Å². The molecule has 1 fully saturated rings. The second-order valence-corrected chi connectivity index (χ2v) is 11.0. The van der Waals surface area contributed by atoms with E-state index in [4.69, 9.17) is 16.0 Å². The van der Waals surface area contributed by atoms with Crippen molar-refractivity contribution in [3.05, 3.63) is 35.9 Å². The normalized spacial score (nSPS) is 23.8. The second kappa shape index (κ2) is 5.93. The molecule has 106 valence electrons. The second-order valence-electron chi connectivity index (χ2n) is 4.78. The summed E-state index contributed by atoms with van der Waals surface area (Å²) in [6, 6.07) is 9.77. The molecular formula is C12H17ClO4SSi. The van der Waals surface area contributed by atoms with Gasteiger partial charge >= 0.3 is 0 Å². The molecule has 1 aliphatic rings. The zero-order valence-electron chi connectivity index (χ0n) is 10.5. The van der Waals surface area contributed by atoms with Gasteiger partial charge < -0.3 is 4.43 Å². The van der Waals surface area contributed by atoms with Gasteiger partial charge in [0.25, 0.3) is 10.1 Å². The Morgan fingerprint density at radius 2 is 2.00 bits per heavy atom. The Kier molecular flexibility index (Phi) is 4.68. The van der Waals surface area contributed by atoms with Gasteiger partial charge in [-0.2, -0.15) is 8.42 Å². The minimum absolute atomic E-state index is 0.0884. The molecule has 0 aromatic heterocycles. The maximum absolute atomic E-state index is 11.7. The highest BCUT2D eigenvalue weighted by atomic mass is 35.5. The molecule has 2 unspecified atom stereocenters. The Hall–Kier alpha value is -0.403. The average Bonchev–Trinajstić information content (AvgIpc) is 2.39. The molecule has 0 spiro atoms. The molecule has 0 bridgehead atoms. The molecule has 1 aromatic carbocycles. The molecule has 1 N–H and O–H groups in total. The monoisotopic (exact) mass is 320 g/mol. The lowest BCUT2D eigenvalue weighted by Crippen LogP contribution is -2.52. The van der Waals surface area contributed by atoms with Crippen LogP contribution in [0.5, 0.6) is 0 Å². The van der Waals surface area contributed by atoms with E-state index >= 15 is 0 Å². The van der Waals surface area contributed by atoms with Crippen molar-refractivity contribution < 1.29 is 17.4 Å². The summed E-state index contributed by atoms with van der Waals surface area (Å²) in [5, 5.41) is 0. The molecule has 1 saturated heterocycles. The quantitative estimate of drug-likeness (QED) is 0.524. The standard InChI is InChI=1S/C12H17ClO4SSi/c13-12(18(14,15)16,19-9-5-4-8-17-19)10-11-6-2-1-3-7-11/h1-3,6-7,19H,4-5,8-10H2,(H,14,15,16). The molecule has 1 aliphatic heterocycles. The molecule has 0 saturated carbocycles. The van der Waals surface area contributed by atoms with Gasteiger partial charge in [-0.15, -0.1) is 0 Å². The number of benzene rings is 1. The zero-order valence-corrected chi connectivity index (χ0v) is 13.2. The molecule has 7 heteroatoms. The molecule has 2 atom stereocenters. The highest BCUT2D eigenvalue weighted by molar-refractivity contribution is 7.90. The number of alkyl halides is 1. The van der Waals surface area contributed by atoms with Crippen molar-refractivity contribution in [3.63, 3.8) is 0 Å². The van der Waals surface area contributed by atoms with E-state index in [2.05, 4.69) is 0 Å². The van der Waals surface area contributed by atoms with Crippen LogP contribution in [0, 0.1) is 0 Å². The van der Waals surface area contributed by atoms with E-state index in [0.717, 1.165) is 18.4 Å². The Bertz CT molecular complexity index is 516. The van der Waals surface area contributed by atoms with Crippen LogP contribution in [0.1, 0.15) is 18.4 Å². The van der Waals surface area contributed by atoms with Gasteiger partial charge in [-0.1, -0.05) is 48.4 Å². The Morgan fingerprint density at radius 1 is 1.32 bits per heavy atom. The Labute approximate surface area is 120 Å². The van der Waals surface area contributed by atoms with Crippen molar-refractivity contribution in [2.45, 2.75) is 29.1 Å². The van der Waals surface area contributed by atoms with E-state index in [-0.39, 0.29) is 6.42 Å². The van der Waals surface area contributed by atoms with Crippen LogP contribution in [0.3, 0.4) is 0 Å². The summed E-state index contributed by atoms with van der Waals surface area (Å²) >= 11 is 6.33. The fourth-order valence-electron chi connectivity index (χ4n) is 2.33. The minimum Gasteiger partial charge on any atom is -0.417 e. The molecule has 2 rings (SSSR count). The fourth-order valence-corrected chi connectivity index (χ4v) is 7.65. The van der Waals surface area contributed by atoms with E-state index in [9.17, 15) is 13.0 Å². The third-order valence-electron chi connectivity index (χ3n) is 3.38. The summed E-state index contributed by atoms with van der Waals surface area (Å²) in [5.41, 5.74) is 0.789. The van der Waals surface area contributed by atoms with Crippen LogP contribution < -0.4 is 0 Å². The lowest BCUT2D eigenvalue weighted by Gasteiger charge is -2.33. The van der Waals surface area contributed by atoms with Gasteiger partial charge in [0.15, 0.2) is 3.83 Å². The van der Waals surface area contributed by atoms with E-state index < -0.39 is 23.0 Å². The van der Waals surface area contributed by atoms with Crippen molar-refractivity contribution in [1.29, 1.82) is 0 Å². The highest BCUT2D eigenvalue weighted by Gasteiger charge is 2.51. The first-order chi connectivity index (χ1) is 8.93. The SMILES string of the molecule is O=S(=O)(O)C(Cl)(Cc1ccccc1)[SiH]1CCCCO1. The van der Waals surface area contributed by atoms with Crippen molar-refractivity contribution in [2.24, 2.45) is 0 Å². The largest absolute Gasteiger partial charge is 0.417 e. The maximum Gasteiger partial charge on any atom is 0.284 e. The molecule has 4 nitrogen and oxygen atoms in total. The van der Waals surface area contributed by atoms with Crippen molar-refractivity contribution >= 4 is 30.8 Å². The number of hydrogen-bond acceptors (Lipinski definition) is 3. The van der Waals surface area contributed by atoms with Crippen LogP contribution in [0.2, 0.25) is 6.04 Å². The summed E-state index contributed by atoms with van der Waals surface area (Å²) in [4.78, 5) is 0. The first kappa shape index (κ1) is 15.0. The van der Waals surface area contributed by atoms with Crippen LogP contribution in [0.15, 0.2) is 30.3 Å². The fraction of sp³-hybridized carbons (Fsp3) is 0.500. The van der Waals surface area contributed by atoms with Gasteiger partial charge in [-0.3, -0.25) is 4.55 Å². The minimum atomic E-state index is -4.36. The average molecular weight is 321 g/mol. The number of hydrogen-bond donors (Lipinski definition) is 1. The van der Waals surface area contributed by atoms with Gasteiger partial charge in [0.05, 0.1) is 0 Å². The molecule has 1 heterocycles. The third kappa shape index (κ3) is 3.38. The lowest BCUT2D eigenvalue weighted by molar-refractivity contribution is 0.280. The first-order valence-corrected chi connectivity index (χ1v) is 9.93. The number of halogens is 1. The smallest absolute Gasteiger partial charge is 0.284 e. The molecule has 19 heavy (non-hydrogen) atoms. The van der Waals surface area contributed by atoms with Gasteiger partial charge in [-0.25, -0.2) is 0 Å². The van der Waals surface area contributed by atoms with Crippen LogP contribution in [0.25, 0.3) is 0 Å². The number of rotatable bonds is 4. The van der Waals surface area contributed by atoms with Gasteiger partial charge in [0.2, 0.25) is 9.04 Å². The van der Waals surface area contributed by atoms with Crippen molar-refractivity contribution in [3.8, 4) is 0 Å². The van der Waals surface area contributed by atoms with Gasteiger partial charge in [-0.05, 0) is 18.0 Å². The Morgan fingerprint density at radius 3 is 2.53 bits per heavy atom. The van der Waals surface area contributed by atoms with Crippen molar-refractivity contribution in [2.75, 3.05) is 6.61 Å². The van der Waals surface area contributed by atoms with Crippen LogP contribution in [0.4, 0.5) is 0 Å². The summed E-state index contributed by atoms with van der Waals surface area (Å²) in [6.07, 6.45) is 1.92. The molecular weight excluding hydrogens is 304 g/mol. The third-order valence-corrected chi connectivity index (χ3v) is 10.2. The van der Waals surface area contributed by atoms with Crippen LogP contribution in [-0.4, -0.2) is 32.4 Å². The van der Waals surface area contributed by atoms with E-state index in [1.807, 2.05) is 18.2 Å². The van der Waals surface area contributed by atoms with Crippen LogP contribution in [-0.2, 0) is 21.0 Å². The first-order valence-electron chi connectivity index (χ1n) is 6.25. The molecule has 1 aromatic rings. The summed E-state index contributed by atoms with van der Waals surface area (Å²) in [7, 11) is -6.58. The van der Waals surface area contributed by atoms with E-state index in [0.29, 0.717) is 12.7 Å². The molecule has 0 aliphatic carbocycles.